The second-order valence-electron chi connectivity index (χ2n) is 5.62. The van der Waals surface area contributed by atoms with Crippen molar-refractivity contribution in [1.29, 1.82) is 0 Å². The average molecular weight is 385 g/mol. The van der Waals surface area contributed by atoms with Crippen LogP contribution >= 0.6 is 11.6 Å². The minimum Gasteiger partial charge on any atom is -0.300 e. The fraction of sp³-hybridized carbons (Fsp3) is 0.100. The first kappa shape index (κ1) is 18.3. The van der Waals surface area contributed by atoms with E-state index in [1.807, 2.05) is 24.3 Å². The molecule has 0 saturated heterocycles. The van der Waals surface area contributed by atoms with Crippen LogP contribution in [0.2, 0.25) is 5.02 Å². The minimum absolute atomic E-state index is 0.212. The van der Waals surface area contributed by atoms with E-state index in [4.69, 9.17) is 11.6 Å². The van der Waals surface area contributed by atoms with Crippen molar-refractivity contribution in [2.75, 3.05) is 4.72 Å². The first-order valence-electron chi connectivity index (χ1n) is 8.10. The van der Waals surface area contributed by atoms with Gasteiger partial charge in [0.05, 0.1) is 10.6 Å². The molecule has 6 heteroatoms. The van der Waals surface area contributed by atoms with Crippen molar-refractivity contribution in [3.05, 3.63) is 88.7 Å². The number of benzene rings is 2. The number of anilines is 1. The minimum atomic E-state index is -1.49. The van der Waals surface area contributed by atoms with Crippen LogP contribution in [0.25, 0.3) is 0 Å². The third-order valence-electron chi connectivity index (χ3n) is 3.92. The van der Waals surface area contributed by atoms with Crippen LogP contribution in [0.1, 0.15) is 28.4 Å². The van der Waals surface area contributed by atoms with E-state index in [1.54, 1.807) is 42.7 Å². The molecule has 0 radical (unpaired) electrons. The van der Waals surface area contributed by atoms with Gasteiger partial charge in [0.25, 0.3) is 0 Å². The Kier molecular flexibility index (Phi) is 5.81. The number of hydrogen-bond donors (Lipinski definition) is 1. The lowest BCUT2D eigenvalue weighted by Crippen LogP contribution is -2.10. The van der Waals surface area contributed by atoms with Gasteiger partial charge in [-0.15, -0.1) is 0 Å². The van der Waals surface area contributed by atoms with E-state index < -0.39 is 11.0 Å². The van der Waals surface area contributed by atoms with E-state index in [-0.39, 0.29) is 5.78 Å². The van der Waals surface area contributed by atoms with Gasteiger partial charge in [-0.3, -0.25) is 9.78 Å². The Hall–Kier alpha value is -2.50. The maximum absolute atomic E-state index is 12.8. The summed E-state index contributed by atoms with van der Waals surface area (Å²) in [6.07, 6.45) is 4.03. The van der Waals surface area contributed by atoms with Crippen molar-refractivity contribution < 1.29 is 9.00 Å². The lowest BCUT2D eigenvalue weighted by molar-refractivity contribution is 0.103. The lowest BCUT2D eigenvalue weighted by atomic mass is 10.0. The number of carbonyl (C=O) groups is 1. The van der Waals surface area contributed by atoms with Gasteiger partial charge in [-0.1, -0.05) is 30.7 Å². The number of aromatic nitrogens is 1. The molecule has 0 aliphatic rings. The molecule has 0 amide bonds. The van der Waals surface area contributed by atoms with E-state index in [0.717, 1.165) is 6.42 Å². The van der Waals surface area contributed by atoms with Crippen LogP contribution in [0.3, 0.4) is 0 Å². The first-order valence-corrected chi connectivity index (χ1v) is 9.63. The van der Waals surface area contributed by atoms with Gasteiger partial charge < -0.3 is 4.72 Å². The van der Waals surface area contributed by atoms with Crippen molar-refractivity contribution >= 4 is 34.1 Å². The lowest BCUT2D eigenvalue weighted by Gasteiger charge is -2.12. The number of halogens is 1. The number of carbonyl (C=O) groups excluding carboxylic acids is 1. The van der Waals surface area contributed by atoms with Gasteiger partial charge in [-0.2, -0.15) is 0 Å². The molecular formula is C20H17ClN2O2S. The van der Waals surface area contributed by atoms with Gasteiger partial charge in [0, 0.05) is 28.5 Å². The Bertz CT molecular complexity index is 944. The summed E-state index contributed by atoms with van der Waals surface area (Å²) in [7, 11) is -1.49. The topological polar surface area (TPSA) is 59.1 Å². The van der Waals surface area contributed by atoms with Crippen LogP contribution in [0.4, 0.5) is 5.69 Å². The highest BCUT2D eigenvalue weighted by Gasteiger charge is 2.16. The number of nitrogens with one attached hydrogen (secondary N) is 1. The van der Waals surface area contributed by atoms with Gasteiger partial charge >= 0.3 is 0 Å². The van der Waals surface area contributed by atoms with E-state index in [2.05, 4.69) is 16.6 Å². The molecule has 3 rings (SSSR count). The summed E-state index contributed by atoms with van der Waals surface area (Å²) in [4.78, 5) is 17.4. The molecule has 2 aromatic carbocycles. The molecule has 0 spiro atoms. The van der Waals surface area contributed by atoms with Crippen LogP contribution in [-0.4, -0.2) is 15.0 Å². The molecule has 1 aromatic heterocycles. The Labute approximate surface area is 159 Å². The van der Waals surface area contributed by atoms with E-state index >= 15 is 0 Å². The van der Waals surface area contributed by atoms with E-state index in [1.165, 1.54) is 5.56 Å². The highest BCUT2D eigenvalue weighted by atomic mass is 35.5. The molecule has 0 bridgehead atoms. The van der Waals surface area contributed by atoms with Crippen LogP contribution in [-0.2, 0) is 17.4 Å². The fourth-order valence-corrected chi connectivity index (χ4v) is 3.51. The van der Waals surface area contributed by atoms with Gasteiger partial charge in [0.15, 0.2) is 5.78 Å². The summed E-state index contributed by atoms with van der Waals surface area (Å²) in [5.41, 5.74) is 2.49. The largest absolute Gasteiger partial charge is 0.300 e. The SMILES string of the molecule is CCc1ccc(S(=O)Nc2ccc(Cl)cc2C(=O)c2ccncc2)cc1. The summed E-state index contributed by atoms with van der Waals surface area (Å²) < 4.78 is 15.6. The molecule has 0 fully saturated rings. The molecule has 1 heterocycles. The molecule has 0 saturated carbocycles. The second-order valence-corrected chi connectivity index (χ2v) is 7.27. The average Bonchev–Trinajstić information content (AvgIpc) is 2.69. The number of aryl methyl sites for hydroxylation is 1. The Morgan fingerprint density at radius 1 is 1.08 bits per heavy atom. The van der Waals surface area contributed by atoms with Crippen molar-refractivity contribution in [3.8, 4) is 0 Å². The van der Waals surface area contributed by atoms with Crippen LogP contribution in [0.15, 0.2) is 71.9 Å². The number of nitrogens with zero attached hydrogens (tertiary/aromatic N) is 1. The highest BCUT2D eigenvalue weighted by Crippen LogP contribution is 2.25. The Morgan fingerprint density at radius 2 is 1.77 bits per heavy atom. The number of pyridine rings is 1. The van der Waals surface area contributed by atoms with Crippen LogP contribution < -0.4 is 4.72 Å². The highest BCUT2D eigenvalue weighted by molar-refractivity contribution is 7.86. The van der Waals surface area contributed by atoms with Gasteiger partial charge in [0.2, 0.25) is 0 Å². The molecular weight excluding hydrogens is 368 g/mol. The number of hydrogen-bond acceptors (Lipinski definition) is 3. The molecule has 1 N–H and O–H groups in total. The smallest absolute Gasteiger partial charge is 0.195 e. The van der Waals surface area contributed by atoms with Gasteiger partial charge in [0.1, 0.15) is 11.0 Å². The van der Waals surface area contributed by atoms with Gasteiger partial charge in [-0.05, 0) is 54.4 Å². The summed E-state index contributed by atoms with van der Waals surface area (Å²) in [6.45, 7) is 2.06. The zero-order chi connectivity index (χ0) is 18.5. The van der Waals surface area contributed by atoms with Crippen molar-refractivity contribution in [1.82, 2.24) is 4.98 Å². The zero-order valence-electron chi connectivity index (χ0n) is 14.1. The molecule has 4 nitrogen and oxygen atoms in total. The number of rotatable bonds is 6. The first-order chi connectivity index (χ1) is 12.6. The standard InChI is InChI=1S/C20H17ClN2O2S/c1-2-14-3-6-17(7-4-14)26(25)23-19-8-5-16(21)13-18(19)20(24)15-9-11-22-12-10-15/h3-13,23H,2H2,1H3. The van der Waals surface area contributed by atoms with Gasteiger partial charge in [-0.25, -0.2) is 4.21 Å². The molecule has 0 aliphatic carbocycles. The molecule has 132 valence electrons. The van der Waals surface area contributed by atoms with Crippen molar-refractivity contribution in [3.63, 3.8) is 0 Å². The number of ketones is 1. The summed E-state index contributed by atoms with van der Waals surface area (Å²) in [5, 5.41) is 0.436. The molecule has 0 aliphatic heterocycles. The van der Waals surface area contributed by atoms with Crippen molar-refractivity contribution in [2.24, 2.45) is 0 Å². The summed E-state index contributed by atoms with van der Waals surface area (Å²) >= 11 is 6.07. The third kappa shape index (κ3) is 4.18. The Balaban J connectivity index is 1.90. The summed E-state index contributed by atoms with van der Waals surface area (Å²) in [5.74, 6) is -0.212. The molecule has 26 heavy (non-hydrogen) atoms. The molecule has 1 atom stereocenters. The van der Waals surface area contributed by atoms with E-state index in [9.17, 15) is 9.00 Å². The van der Waals surface area contributed by atoms with Crippen LogP contribution in [0.5, 0.6) is 0 Å². The second kappa shape index (κ2) is 8.25. The quantitative estimate of drug-likeness (QED) is 0.628. The molecule has 3 aromatic rings. The zero-order valence-corrected chi connectivity index (χ0v) is 15.7. The third-order valence-corrected chi connectivity index (χ3v) is 5.26. The monoisotopic (exact) mass is 384 g/mol. The van der Waals surface area contributed by atoms with Crippen molar-refractivity contribution in [2.45, 2.75) is 18.2 Å². The van der Waals surface area contributed by atoms with E-state index in [0.29, 0.717) is 26.7 Å². The maximum Gasteiger partial charge on any atom is 0.195 e. The van der Waals surface area contributed by atoms with Crippen LogP contribution in [0, 0.1) is 0 Å². The predicted octanol–water partition coefficient (Wildman–Crippen LogP) is 4.66. The normalized spacial score (nSPS) is 11.8. The predicted molar refractivity (Wildman–Crippen MR) is 105 cm³/mol. The fourth-order valence-electron chi connectivity index (χ4n) is 2.46. The maximum atomic E-state index is 12.8. The summed E-state index contributed by atoms with van der Waals surface area (Å²) in [6, 6.07) is 15.7. The Morgan fingerprint density at radius 3 is 2.42 bits per heavy atom. The molecule has 1 unspecified atom stereocenters.